The fourth-order valence-corrected chi connectivity index (χ4v) is 2.76. The Morgan fingerprint density at radius 1 is 1.32 bits per heavy atom. The largest absolute Gasteiger partial charge is 0.342 e. The van der Waals surface area contributed by atoms with E-state index in [-0.39, 0.29) is 42.5 Å². The molecule has 1 saturated heterocycles. The number of likely N-dealkylation sites (tertiary alicyclic amines) is 1. The van der Waals surface area contributed by atoms with Crippen LogP contribution in [0.25, 0.3) is 0 Å². The smallest absolute Gasteiger partial charge is 0.230 e. The minimum atomic E-state index is -0.153. The van der Waals surface area contributed by atoms with E-state index in [1.54, 1.807) is 12.3 Å². The van der Waals surface area contributed by atoms with Crippen molar-refractivity contribution in [3.63, 3.8) is 0 Å². The van der Waals surface area contributed by atoms with E-state index in [4.69, 9.17) is 0 Å². The Balaban J connectivity index is 0.00000288. The number of halogens is 2. The Morgan fingerprint density at radius 3 is 2.72 bits per heavy atom. The summed E-state index contributed by atoms with van der Waals surface area (Å²) >= 11 is 0. The van der Waals surface area contributed by atoms with Gasteiger partial charge in [-0.3, -0.25) is 9.59 Å². The third-order valence-corrected chi connectivity index (χ3v) is 4.12. The molecule has 0 aliphatic carbocycles. The van der Waals surface area contributed by atoms with Crippen LogP contribution in [0.2, 0.25) is 0 Å². The molecule has 8 heteroatoms. The summed E-state index contributed by atoms with van der Waals surface area (Å²) in [6.45, 7) is 4.06. The van der Waals surface area contributed by atoms with Gasteiger partial charge in [-0.1, -0.05) is 6.07 Å². The minimum absolute atomic E-state index is 0. The van der Waals surface area contributed by atoms with Crippen LogP contribution >= 0.6 is 24.8 Å². The first-order chi connectivity index (χ1) is 11.1. The second kappa shape index (κ2) is 12.1. The van der Waals surface area contributed by atoms with Gasteiger partial charge in [0.05, 0.1) is 5.92 Å². The number of nitrogens with zero attached hydrogens (tertiary/aromatic N) is 2. The van der Waals surface area contributed by atoms with Gasteiger partial charge in [-0.2, -0.15) is 0 Å². The van der Waals surface area contributed by atoms with Gasteiger partial charge in [0.15, 0.2) is 0 Å². The summed E-state index contributed by atoms with van der Waals surface area (Å²) in [6.07, 6.45) is 4.79. The molecule has 6 nitrogen and oxygen atoms in total. The second-order valence-corrected chi connectivity index (χ2v) is 6.10. The number of aromatic nitrogens is 1. The van der Waals surface area contributed by atoms with Gasteiger partial charge in [-0.25, -0.2) is 4.98 Å². The zero-order valence-corrected chi connectivity index (χ0v) is 16.4. The maximum absolute atomic E-state index is 12.4. The molecule has 0 spiro atoms. The first-order valence-corrected chi connectivity index (χ1v) is 8.26. The van der Waals surface area contributed by atoms with Crippen LogP contribution in [0.3, 0.4) is 0 Å². The van der Waals surface area contributed by atoms with Gasteiger partial charge in [0, 0.05) is 25.7 Å². The monoisotopic (exact) mass is 390 g/mol. The Morgan fingerprint density at radius 2 is 2.08 bits per heavy atom. The van der Waals surface area contributed by atoms with Crippen LogP contribution < -0.4 is 10.6 Å². The number of carbonyl (C=O) groups is 2. The van der Waals surface area contributed by atoms with Crippen molar-refractivity contribution >= 4 is 42.4 Å². The minimum Gasteiger partial charge on any atom is -0.342 e. The number of nitrogens with one attached hydrogen (secondary N) is 2. The number of piperidine rings is 1. The number of aryl methyl sites for hydroxylation is 1. The normalized spacial score (nSPS) is 16.4. The summed E-state index contributed by atoms with van der Waals surface area (Å²) in [5, 5.41) is 5.90. The van der Waals surface area contributed by atoms with E-state index in [0.717, 1.165) is 37.9 Å². The molecule has 1 aliphatic rings. The van der Waals surface area contributed by atoms with Gasteiger partial charge in [0.1, 0.15) is 5.82 Å². The molecule has 1 unspecified atom stereocenters. The van der Waals surface area contributed by atoms with E-state index < -0.39 is 0 Å². The summed E-state index contributed by atoms with van der Waals surface area (Å²) in [5.41, 5.74) is 1.05. The quantitative estimate of drug-likeness (QED) is 0.731. The van der Waals surface area contributed by atoms with Crippen molar-refractivity contribution in [1.29, 1.82) is 0 Å². The Hall–Kier alpha value is -1.37. The van der Waals surface area contributed by atoms with E-state index in [0.29, 0.717) is 18.8 Å². The molecule has 2 rings (SSSR count). The molecule has 0 saturated carbocycles. The highest BCUT2D eigenvalue weighted by molar-refractivity contribution is 5.92. The highest BCUT2D eigenvalue weighted by Gasteiger charge is 2.28. The number of hydrogen-bond donors (Lipinski definition) is 2. The average molecular weight is 391 g/mol. The van der Waals surface area contributed by atoms with E-state index in [2.05, 4.69) is 15.6 Å². The first-order valence-electron chi connectivity index (χ1n) is 8.26. The van der Waals surface area contributed by atoms with Gasteiger partial charge in [-0.15, -0.1) is 24.8 Å². The number of pyridine rings is 1. The fraction of sp³-hybridized carbons (Fsp3) is 0.588. The van der Waals surface area contributed by atoms with Crippen LogP contribution in [-0.2, 0) is 9.59 Å². The zero-order chi connectivity index (χ0) is 16.7. The molecule has 1 fully saturated rings. The predicted molar refractivity (Wildman–Crippen MR) is 105 cm³/mol. The topological polar surface area (TPSA) is 74.3 Å². The number of carbonyl (C=O) groups excluding carboxylic acids is 2. The predicted octanol–water partition coefficient (Wildman–Crippen LogP) is 2.41. The highest BCUT2D eigenvalue weighted by atomic mass is 35.5. The van der Waals surface area contributed by atoms with Crippen molar-refractivity contribution in [1.82, 2.24) is 15.2 Å². The molecule has 1 aliphatic heterocycles. The molecule has 0 radical (unpaired) electrons. The molecule has 1 aromatic rings. The van der Waals surface area contributed by atoms with Gasteiger partial charge >= 0.3 is 0 Å². The van der Waals surface area contributed by atoms with E-state index >= 15 is 0 Å². The second-order valence-electron chi connectivity index (χ2n) is 6.10. The van der Waals surface area contributed by atoms with Crippen molar-refractivity contribution in [3.8, 4) is 0 Å². The SMILES string of the molecule is CNCCCC(=O)N1CCCC(C(=O)Nc2ccc(C)cn2)C1.Cl.Cl. The lowest BCUT2D eigenvalue weighted by atomic mass is 9.96. The van der Waals surface area contributed by atoms with Crippen LogP contribution in [-0.4, -0.2) is 48.4 Å². The third-order valence-electron chi connectivity index (χ3n) is 4.12. The van der Waals surface area contributed by atoms with Crippen molar-refractivity contribution in [2.75, 3.05) is 32.0 Å². The Kier molecular flexibility index (Phi) is 11.4. The Bertz CT molecular complexity index is 540. The molecule has 0 aromatic carbocycles. The molecule has 25 heavy (non-hydrogen) atoms. The van der Waals surface area contributed by atoms with Crippen LogP contribution in [0.4, 0.5) is 5.82 Å². The van der Waals surface area contributed by atoms with Gasteiger partial charge in [-0.05, 0) is 51.4 Å². The zero-order valence-electron chi connectivity index (χ0n) is 14.8. The molecule has 142 valence electrons. The molecular formula is C17H28Cl2N4O2. The van der Waals surface area contributed by atoms with Crippen molar-refractivity contribution in [3.05, 3.63) is 23.9 Å². The molecule has 1 aromatic heterocycles. The van der Waals surface area contributed by atoms with Crippen molar-refractivity contribution in [2.45, 2.75) is 32.6 Å². The fourth-order valence-electron chi connectivity index (χ4n) is 2.76. The first kappa shape index (κ1) is 23.6. The van der Waals surface area contributed by atoms with Crippen LogP contribution in [0.1, 0.15) is 31.2 Å². The van der Waals surface area contributed by atoms with E-state index in [9.17, 15) is 9.59 Å². The summed E-state index contributed by atoms with van der Waals surface area (Å²) in [6, 6.07) is 3.72. The molecule has 2 heterocycles. The molecule has 2 N–H and O–H groups in total. The number of hydrogen-bond acceptors (Lipinski definition) is 4. The summed E-state index contributed by atoms with van der Waals surface area (Å²) in [5.74, 6) is 0.512. The van der Waals surface area contributed by atoms with E-state index in [1.807, 2.05) is 24.9 Å². The molecular weight excluding hydrogens is 363 g/mol. The van der Waals surface area contributed by atoms with Gasteiger partial charge in [0.25, 0.3) is 0 Å². The number of rotatable bonds is 6. The molecule has 0 bridgehead atoms. The van der Waals surface area contributed by atoms with Crippen LogP contribution in [0.5, 0.6) is 0 Å². The average Bonchev–Trinajstić information content (AvgIpc) is 2.57. The van der Waals surface area contributed by atoms with Gasteiger partial charge < -0.3 is 15.5 Å². The van der Waals surface area contributed by atoms with E-state index in [1.165, 1.54) is 0 Å². The Labute approximate surface area is 162 Å². The summed E-state index contributed by atoms with van der Waals surface area (Å²) < 4.78 is 0. The maximum Gasteiger partial charge on any atom is 0.230 e. The lowest BCUT2D eigenvalue weighted by molar-refractivity contribution is -0.134. The van der Waals surface area contributed by atoms with Gasteiger partial charge in [0.2, 0.25) is 11.8 Å². The third kappa shape index (κ3) is 7.59. The standard InChI is InChI=1S/C17H26N4O2.2ClH/c1-13-7-8-15(19-11-13)20-17(23)14-5-4-10-21(12-14)16(22)6-3-9-18-2;;/h7-8,11,14,18H,3-6,9-10,12H2,1-2H3,(H,19,20,23);2*1H. The summed E-state index contributed by atoms with van der Waals surface area (Å²) in [4.78, 5) is 30.6. The lowest BCUT2D eigenvalue weighted by Gasteiger charge is -2.32. The molecule has 2 amide bonds. The van der Waals surface area contributed by atoms with Crippen molar-refractivity contribution in [2.24, 2.45) is 5.92 Å². The van der Waals surface area contributed by atoms with Crippen LogP contribution in [0.15, 0.2) is 18.3 Å². The maximum atomic E-state index is 12.4. The summed E-state index contributed by atoms with van der Waals surface area (Å²) in [7, 11) is 1.88. The molecule has 1 atom stereocenters. The van der Waals surface area contributed by atoms with Crippen molar-refractivity contribution < 1.29 is 9.59 Å². The number of amides is 2. The highest BCUT2D eigenvalue weighted by Crippen LogP contribution is 2.19. The number of anilines is 1. The van der Waals surface area contributed by atoms with Crippen LogP contribution in [0, 0.1) is 12.8 Å². The lowest BCUT2D eigenvalue weighted by Crippen LogP contribution is -2.43.